The van der Waals surface area contributed by atoms with Crippen LogP contribution in [0, 0.1) is 6.92 Å². The Labute approximate surface area is 116 Å². The lowest BCUT2D eigenvalue weighted by molar-refractivity contribution is 0.193. The predicted molar refractivity (Wildman–Crippen MR) is 76.7 cm³/mol. The van der Waals surface area contributed by atoms with Crippen molar-refractivity contribution in [3.8, 4) is 0 Å². The molecule has 0 spiro atoms. The number of amides is 2. The fraction of sp³-hybridized carbons (Fsp3) is 0.462. The third-order valence-electron chi connectivity index (χ3n) is 3.22. The molecule has 1 aliphatic heterocycles. The lowest BCUT2D eigenvalue weighted by Gasteiger charge is -2.31. The van der Waals surface area contributed by atoms with Crippen LogP contribution < -0.4 is 11.1 Å². The number of benzene rings is 1. The molecule has 2 rings (SSSR count). The Kier molecular flexibility index (Phi) is 4.11. The normalized spacial score (nSPS) is 16.7. The zero-order chi connectivity index (χ0) is 13.1. The molecule has 5 heteroatoms. The number of anilines is 1. The van der Waals surface area contributed by atoms with Crippen LogP contribution in [0.1, 0.15) is 18.4 Å². The topological polar surface area (TPSA) is 58.4 Å². The minimum atomic E-state index is -0.313. The Bertz CT molecular complexity index is 422. The minimum Gasteiger partial charge on any atom is -0.382 e. The standard InChI is InChI=1S/C13H18BrN3O/c1-9-6-10(14)8-12(7-9)16-11-2-4-17(5-3-11)13(15)18/h6-8,11,16H,2-5H2,1H3,(H2,15,18). The van der Waals surface area contributed by atoms with Gasteiger partial charge < -0.3 is 16.0 Å². The molecule has 4 nitrogen and oxygen atoms in total. The van der Waals surface area contributed by atoms with Crippen LogP contribution in [0.3, 0.4) is 0 Å². The minimum absolute atomic E-state index is 0.313. The number of piperidine rings is 1. The van der Waals surface area contributed by atoms with Gasteiger partial charge in [0.1, 0.15) is 0 Å². The zero-order valence-electron chi connectivity index (χ0n) is 10.4. The summed E-state index contributed by atoms with van der Waals surface area (Å²) in [5, 5.41) is 3.51. The van der Waals surface area contributed by atoms with Gasteiger partial charge in [0, 0.05) is 29.3 Å². The molecule has 1 fully saturated rings. The number of urea groups is 1. The molecular weight excluding hydrogens is 294 g/mol. The largest absolute Gasteiger partial charge is 0.382 e. The summed E-state index contributed by atoms with van der Waals surface area (Å²) < 4.78 is 1.08. The van der Waals surface area contributed by atoms with Gasteiger partial charge in [-0.05, 0) is 43.5 Å². The number of primary amides is 1. The number of likely N-dealkylation sites (tertiary alicyclic amines) is 1. The van der Waals surface area contributed by atoms with E-state index in [9.17, 15) is 4.79 Å². The highest BCUT2D eigenvalue weighted by molar-refractivity contribution is 9.10. The van der Waals surface area contributed by atoms with Crippen LogP contribution >= 0.6 is 15.9 Å². The number of carbonyl (C=O) groups is 1. The molecule has 1 saturated heterocycles. The van der Waals surface area contributed by atoms with Gasteiger partial charge >= 0.3 is 6.03 Å². The van der Waals surface area contributed by atoms with Crippen LogP contribution in [0.4, 0.5) is 10.5 Å². The molecule has 1 aromatic rings. The van der Waals surface area contributed by atoms with E-state index in [-0.39, 0.29) is 6.03 Å². The number of rotatable bonds is 2. The number of nitrogens with zero attached hydrogens (tertiary/aromatic N) is 1. The summed E-state index contributed by atoms with van der Waals surface area (Å²) in [6.07, 6.45) is 1.88. The first-order chi connectivity index (χ1) is 8.54. The molecule has 2 amide bonds. The van der Waals surface area contributed by atoms with Gasteiger partial charge in [-0.25, -0.2) is 4.79 Å². The molecule has 0 saturated carbocycles. The van der Waals surface area contributed by atoms with Crippen LogP contribution in [0.2, 0.25) is 0 Å². The molecule has 0 aliphatic carbocycles. The Morgan fingerprint density at radius 1 is 1.39 bits per heavy atom. The fourth-order valence-corrected chi connectivity index (χ4v) is 2.91. The zero-order valence-corrected chi connectivity index (χ0v) is 12.0. The van der Waals surface area contributed by atoms with Crippen LogP contribution in [-0.4, -0.2) is 30.1 Å². The third-order valence-corrected chi connectivity index (χ3v) is 3.68. The van der Waals surface area contributed by atoms with Gasteiger partial charge in [-0.1, -0.05) is 15.9 Å². The van der Waals surface area contributed by atoms with E-state index >= 15 is 0 Å². The first-order valence-electron chi connectivity index (χ1n) is 6.13. The van der Waals surface area contributed by atoms with Gasteiger partial charge in [0.25, 0.3) is 0 Å². The summed E-state index contributed by atoms with van der Waals surface area (Å²) in [5.74, 6) is 0. The van der Waals surface area contributed by atoms with Gasteiger partial charge in [-0.2, -0.15) is 0 Å². The Balaban J connectivity index is 1.93. The molecule has 1 aliphatic rings. The van der Waals surface area contributed by atoms with Crippen LogP contribution in [0.15, 0.2) is 22.7 Å². The van der Waals surface area contributed by atoms with Crippen molar-refractivity contribution >= 4 is 27.6 Å². The third kappa shape index (κ3) is 3.38. The lowest BCUT2D eigenvalue weighted by atomic mass is 10.0. The molecular formula is C13H18BrN3O. The second-order valence-corrected chi connectivity index (χ2v) is 5.68. The van der Waals surface area contributed by atoms with E-state index in [4.69, 9.17) is 5.73 Å². The summed E-state index contributed by atoms with van der Waals surface area (Å²) in [7, 11) is 0. The second kappa shape index (κ2) is 5.61. The number of aryl methyl sites for hydroxylation is 1. The van der Waals surface area contributed by atoms with Gasteiger partial charge in [0.15, 0.2) is 0 Å². The van der Waals surface area contributed by atoms with Gasteiger partial charge in [-0.3, -0.25) is 0 Å². The quantitative estimate of drug-likeness (QED) is 0.882. The summed E-state index contributed by atoms with van der Waals surface area (Å²) >= 11 is 3.50. The van der Waals surface area contributed by atoms with E-state index in [0.717, 1.165) is 36.1 Å². The fourth-order valence-electron chi connectivity index (χ4n) is 2.30. The summed E-state index contributed by atoms with van der Waals surface area (Å²) in [6, 6.07) is 6.39. The van der Waals surface area contributed by atoms with Crippen molar-refractivity contribution in [3.63, 3.8) is 0 Å². The number of carbonyl (C=O) groups excluding carboxylic acids is 1. The highest BCUT2D eigenvalue weighted by atomic mass is 79.9. The Morgan fingerprint density at radius 2 is 2.06 bits per heavy atom. The van der Waals surface area contributed by atoms with Crippen molar-refractivity contribution < 1.29 is 4.79 Å². The smallest absolute Gasteiger partial charge is 0.314 e. The van der Waals surface area contributed by atoms with E-state index in [1.807, 2.05) is 0 Å². The molecule has 1 heterocycles. The molecule has 0 unspecified atom stereocenters. The molecule has 18 heavy (non-hydrogen) atoms. The molecule has 3 N–H and O–H groups in total. The number of nitrogens with one attached hydrogen (secondary N) is 1. The highest BCUT2D eigenvalue weighted by Crippen LogP contribution is 2.22. The maximum Gasteiger partial charge on any atom is 0.314 e. The summed E-state index contributed by atoms with van der Waals surface area (Å²) in [5.41, 5.74) is 7.61. The molecule has 0 aromatic heterocycles. The van der Waals surface area contributed by atoms with E-state index in [0.29, 0.717) is 6.04 Å². The summed E-state index contributed by atoms with van der Waals surface area (Å²) in [6.45, 7) is 3.55. The van der Waals surface area contributed by atoms with Crippen molar-refractivity contribution in [2.24, 2.45) is 5.73 Å². The first kappa shape index (κ1) is 13.2. The van der Waals surface area contributed by atoms with Gasteiger partial charge in [-0.15, -0.1) is 0 Å². The van der Waals surface area contributed by atoms with Crippen molar-refractivity contribution in [2.45, 2.75) is 25.8 Å². The van der Waals surface area contributed by atoms with E-state index in [1.165, 1.54) is 5.56 Å². The first-order valence-corrected chi connectivity index (χ1v) is 6.92. The number of hydrogen-bond acceptors (Lipinski definition) is 2. The Morgan fingerprint density at radius 3 is 2.61 bits per heavy atom. The SMILES string of the molecule is Cc1cc(Br)cc(NC2CCN(C(N)=O)CC2)c1. The monoisotopic (exact) mass is 311 g/mol. The van der Waals surface area contributed by atoms with E-state index in [2.05, 4.69) is 46.4 Å². The molecule has 0 radical (unpaired) electrons. The van der Waals surface area contributed by atoms with Crippen molar-refractivity contribution in [3.05, 3.63) is 28.2 Å². The average Bonchev–Trinajstić information content (AvgIpc) is 2.28. The van der Waals surface area contributed by atoms with Gasteiger partial charge in [0.2, 0.25) is 0 Å². The van der Waals surface area contributed by atoms with Crippen LogP contribution in [0.25, 0.3) is 0 Å². The maximum atomic E-state index is 11.0. The van der Waals surface area contributed by atoms with Gasteiger partial charge in [0.05, 0.1) is 0 Å². The second-order valence-electron chi connectivity index (χ2n) is 4.76. The van der Waals surface area contributed by atoms with Crippen molar-refractivity contribution in [1.29, 1.82) is 0 Å². The number of hydrogen-bond donors (Lipinski definition) is 2. The summed E-state index contributed by atoms with van der Waals surface area (Å²) in [4.78, 5) is 12.7. The molecule has 0 atom stereocenters. The lowest BCUT2D eigenvalue weighted by Crippen LogP contribution is -2.44. The van der Waals surface area contributed by atoms with Crippen LogP contribution in [-0.2, 0) is 0 Å². The maximum absolute atomic E-state index is 11.0. The molecule has 1 aromatic carbocycles. The Hall–Kier alpha value is -1.23. The molecule has 0 bridgehead atoms. The van der Waals surface area contributed by atoms with Crippen molar-refractivity contribution in [1.82, 2.24) is 4.90 Å². The van der Waals surface area contributed by atoms with Crippen molar-refractivity contribution in [2.75, 3.05) is 18.4 Å². The number of nitrogens with two attached hydrogens (primary N) is 1. The molecule has 98 valence electrons. The highest BCUT2D eigenvalue weighted by Gasteiger charge is 2.20. The van der Waals surface area contributed by atoms with E-state index in [1.54, 1.807) is 4.90 Å². The number of halogens is 1. The average molecular weight is 312 g/mol. The van der Waals surface area contributed by atoms with E-state index < -0.39 is 0 Å². The van der Waals surface area contributed by atoms with Crippen LogP contribution in [0.5, 0.6) is 0 Å². The predicted octanol–water partition coefficient (Wildman–Crippen LogP) is 2.71.